The van der Waals surface area contributed by atoms with Gasteiger partial charge in [-0.2, -0.15) is 0 Å². The second-order valence-electron chi connectivity index (χ2n) is 9.72. The van der Waals surface area contributed by atoms with Crippen LogP contribution in [0.4, 0.5) is 0 Å². The van der Waals surface area contributed by atoms with E-state index in [9.17, 15) is 15.0 Å². The zero-order valence-corrected chi connectivity index (χ0v) is 15.4. The maximum Gasteiger partial charge on any atom is 0.334 e. The molecule has 6 heteroatoms. The summed E-state index contributed by atoms with van der Waals surface area (Å²) in [6.45, 7) is 6.65. The average Bonchev–Trinajstić information content (AvgIpc) is 3.45. The molecule has 2 saturated heterocycles. The van der Waals surface area contributed by atoms with Gasteiger partial charge in [0.1, 0.15) is 18.3 Å². The number of carbonyl (C=O) groups is 1. The van der Waals surface area contributed by atoms with Crippen LogP contribution in [0, 0.1) is 23.2 Å². The molecule has 0 amide bonds. The van der Waals surface area contributed by atoms with Gasteiger partial charge in [0.25, 0.3) is 0 Å². The van der Waals surface area contributed by atoms with Crippen molar-refractivity contribution in [2.45, 2.75) is 75.7 Å². The summed E-state index contributed by atoms with van der Waals surface area (Å²) in [6, 6.07) is 0. The molecule has 9 atom stereocenters. The Hall–Kier alpha value is -0.950. The van der Waals surface area contributed by atoms with Gasteiger partial charge in [-0.15, -0.1) is 0 Å². The van der Waals surface area contributed by atoms with Gasteiger partial charge in [-0.05, 0) is 36.7 Å². The minimum absolute atomic E-state index is 0.0723. The van der Waals surface area contributed by atoms with Crippen molar-refractivity contribution in [3.63, 3.8) is 0 Å². The van der Waals surface area contributed by atoms with Gasteiger partial charge in [0.2, 0.25) is 0 Å². The molecule has 0 aromatic carbocycles. The lowest BCUT2D eigenvalue weighted by molar-refractivity contribution is -0.136. The fourth-order valence-corrected chi connectivity index (χ4v) is 7.39. The summed E-state index contributed by atoms with van der Waals surface area (Å²) in [5, 5.41) is 22.3. The van der Waals surface area contributed by atoms with E-state index in [4.69, 9.17) is 14.2 Å². The van der Waals surface area contributed by atoms with E-state index in [0.29, 0.717) is 13.0 Å². The molecule has 3 heterocycles. The van der Waals surface area contributed by atoms with Gasteiger partial charge in [0.15, 0.2) is 5.60 Å². The topological polar surface area (TPSA) is 91.8 Å². The number of cyclic esters (lactones) is 1. The molecule has 2 spiro atoms. The van der Waals surface area contributed by atoms with Crippen LogP contribution >= 0.6 is 0 Å². The monoisotopic (exact) mass is 362 g/mol. The molecular formula is C20H26O6. The van der Waals surface area contributed by atoms with Crippen LogP contribution < -0.4 is 0 Å². The Balaban J connectivity index is 1.48. The zero-order chi connectivity index (χ0) is 18.2. The molecule has 2 N–H and O–H groups in total. The van der Waals surface area contributed by atoms with E-state index in [2.05, 4.69) is 6.92 Å². The highest BCUT2D eigenvalue weighted by Crippen LogP contribution is 2.79. The summed E-state index contributed by atoms with van der Waals surface area (Å²) in [7, 11) is 0. The summed E-state index contributed by atoms with van der Waals surface area (Å²) < 4.78 is 17.9. The van der Waals surface area contributed by atoms with Crippen LogP contribution in [-0.4, -0.2) is 58.4 Å². The fraction of sp³-hybridized carbons (Fsp3) is 0.850. The maximum atomic E-state index is 12.1. The summed E-state index contributed by atoms with van der Waals surface area (Å²) in [5.74, 6) is -0.118. The summed E-state index contributed by atoms with van der Waals surface area (Å²) in [4.78, 5) is 12.1. The predicted molar refractivity (Wildman–Crippen MR) is 89.0 cm³/mol. The van der Waals surface area contributed by atoms with Gasteiger partial charge in [-0.3, -0.25) is 0 Å². The van der Waals surface area contributed by atoms with Gasteiger partial charge < -0.3 is 24.4 Å². The summed E-state index contributed by atoms with van der Waals surface area (Å²) in [6.07, 6.45) is 0.490. The van der Waals surface area contributed by atoms with Crippen molar-refractivity contribution in [1.82, 2.24) is 0 Å². The lowest BCUT2D eigenvalue weighted by atomic mass is 9.46. The number of epoxide rings is 2. The molecule has 0 radical (unpaired) electrons. The molecule has 0 aromatic heterocycles. The van der Waals surface area contributed by atoms with Crippen LogP contribution in [0.2, 0.25) is 0 Å². The molecule has 26 heavy (non-hydrogen) atoms. The molecule has 0 bridgehead atoms. The third-order valence-corrected chi connectivity index (χ3v) is 8.65. The second-order valence-corrected chi connectivity index (χ2v) is 9.72. The Kier molecular flexibility index (Phi) is 2.70. The van der Waals surface area contributed by atoms with Crippen molar-refractivity contribution in [3.8, 4) is 0 Å². The Labute approximate surface area is 152 Å². The molecule has 3 unspecified atom stereocenters. The first-order valence-corrected chi connectivity index (χ1v) is 9.90. The van der Waals surface area contributed by atoms with Crippen molar-refractivity contribution in [2.75, 3.05) is 6.61 Å². The quantitative estimate of drug-likeness (QED) is 0.533. The first-order valence-electron chi connectivity index (χ1n) is 9.90. The van der Waals surface area contributed by atoms with Crippen LogP contribution in [0.3, 0.4) is 0 Å². The van der Waals surface area contributed by atoms with E-state index < -0.39 is 23.4 Å². The van der Waals surface area contributed by atoms with Crippen LogP contribution in [0.15, 0.2) is 11.1 Å². The van der Waals surface area contributed by atoms with Crippen LogP contribution in [0.5, 0.6) is 0 Å². The number of esters is 1. The Morgan fingerprint density at radius 2 is 2.00 bits per heavy atom. The molecule has 142 valence electrons. The van der Waals surface area contributed by atoms with E-state index in [1.807, 2.05) is 13.8 Å². The Morgan fingerprint density at radius 3 is 2.73 bits per heavy atom. The van der Waals surface area contributed by atoms with E-state index in [1.54, 1.807) is 0 Å². The first-order chi connectivity index (χ1) is 12.3. The molecule has 4 fully saturated rings. The van der Waals surface area contributed by atoms with E-state index >= 15 is 0 Å². The highest BCUT2D eigenvalue weighted by atomic mass is 16.7. The molecule has 6 aliphatic rings. The minimum Gasteiger partial charge on any atom is -0.458 e. The second kappa shape index (κ2) is 4.37. The third kappa shape index (κ3) is 1.38. The van der Waals surface area contributed by atoms with Crippen molar-refractivity contribution >= 4 is 5.97 Å². The van der Waals surface area contributed by atoms with Gasteiger partial charge in [-0.25, -0.2) is 4.79 Å². The normalized spacial score (nSPS) is 59.1. The fourth-order valence-electron chi connectivity index (χ4n) is 7.39. The molecule has 3 aliphatic carbocycles. The average molecular weight is 362 g/mol. The smallest absolute Gasteiger partial charge is 0.334 e. The molecule has 2 saturated carbocycles. The predicted octanol–water partition coefficient (Wildman–Crippen LogP) is 0.943. The molecule has 6 nitrogen and oxygen atoms in total. The number of aliphatic hydroxyl groups excluding tert-OH is 2. The molecule has 3 aliphatic heterocycles. The van der Waals surface area contributed by atoms with Crippen molar-refractivity contribution in [3.05, 3.63) is 11.1 Å². The van der Waals surface area contributed by atoms with Crippen LogP contribution in [-0.2, 0) is 19.0 Å². The molecule has 0 aromatic rings. The summed E-state index contributed by atoms with van der Waals surface area (Å²) in [5.41, 5.74) is 0.333. The zero-order valence-electron chi connectivity index (χ0n) is 15.4. The highest BCUT2D eigenvalue weighted by Gasteiger charge is 2.94. The number of hydrogen-bond donors (Lipinski definition) is 2. The van der Waals surface area contributed by atoms with E-state index in [-0.39, 0.29) is 41.3 Å². The van der Waals surface area contributed by atoms with E-state index in [1.165, 1.54) is 0 Å². The lowest BCUT2D eigenvalue weighted by Crippen LogP contribution is -2.69. The van der Waals surface area contributed by atoms with Crippen molar-refractivity contribution in [1.29, 1.82) is 0 Å². The van der Waals surface area contributed by atoms with Gasteiger partial charge in [0, 0.05) is 16.9 Å². The van der Waals surface area contributed by atoms with E-state index in [0.717, 1.165) is 24.0 Å². The van der Waals surface area contributed by atoms with Crippen LogP contribution in [0.25, 0.3) is 0 Å². The van der Waals surface area contributed by atoms with Gasteiger partial charge in [-0.1, -0.05) is 20.8 Å². The number of aliphatic hydroxyl groups is 2. The summed E-state index contributed by atoms with van der Waals surface area (Å²) >= 11 is 0. The highest BCUT2D eigenvalue weighted by molar-refractivity contribution is 5.92. The Morgan fingerprint density at radius 1 is 1.23 bits per heavy atom. The number of ether oxygens (including phenoxy) is 3. The number of hydrogen-bond acceptors (Lipinski definition) is 6. The van der Waals surface area contributed by atoms with Crippen molar-refractivity contribution in [2.24, 2.45) is 23.2 Å². The maximum absolute atomic E-state index is 12.1. The SMILES string of the molecule is CC(C)C1C(O)[C@]23OC2C[C@H]2C4=C(CC[C@]2(C)[C@@]32O[C@H]2[C@@H]1O)C(=O)OC4. The third-order valence-electron chi connectivity index (χ3n) is 8.65. The molecule has 6 rings (SSSR count). The number of carbonyl (C=O) groups excluding carboxylic acids is 1. The minimum atomic E-state index is -0.726. The van der Waals surface area contributed by atoms with Crippen molar-refractivity contribution < 1.29 is 29.2 Å². The lowest BCUT2D eigenvalue weighted by Gasteiger charge is -2.54. The Bertz CT molecular complexity index is 759. The number of fused-ring (bicyclic) bond motifs is 2. The first kappa shape index (κ1) is 16.0. The number of rotatable bonds is 1. The largest absolute Gasteiger partial charge is 0.458 e. The van der Waals surface area contributed by atoms with Gasteiger partial charge >= 0.3 is 5.97 Å². The van der Waals surface area contributed by atoms with Crippen LogP contribution in [0.1, 0.15) is 40.0 Å². The van der Waals surface area contributed by atoms with Gasteiger partial charge in [0.05, 0.1) is 18.3 Å². The standard InChI is InChI=1S/C20H26O6/c1-8(2)13-14(21)16-20(26-16)18(3)5-4-9-10(7-24-17(9)23)11(18)6-12-19(20,25-12)15(13)22/h8,11-16,21-22H,4-7H2,1-3H3/t11-,12?,13?,14+,15?,16-,18-,19+,20+/m0/s1. The molecular weight excluding hydrogens is 336 g/mol.